The van der Waals surface area contributed by atoms with E-state index in [1.165, 1.54) is 11.1 Å². The number of likely N-dealkylation sites (tertiary alicyclic amines) is 1. The molecule has 0 saturated carbocycles. The van der Waals surface area contributed by atoms with Gasteiger partial charge >= 0.3 is 0 Å². The molecule has 0 unspecified atom stereocenters. The highest BCUT2D eigenvalue weighted by Gasteiger charge is 2.37. The van der Waals surface area contributed by atoms with Crippen molar-refractivity contribution in [2.24, 2.45) is 0 Å². The number of amides is 1. The monoisotopic (exact) mass is 354 g/mol. The highest BCUT2D eigenvalue weighted by molar-refractivity contribution is 5.88. The normalized spacial score (nSPS) is 20.2. The fourth-order valence-corrected chi connectivity index (χ4v) is 3.64. The Balaban J connectivity index is 1.53. The van der Waals surface area contributed by atoms with Gasteiger partial charge in [-0.2, -0.15) is 15.4 Å². The summed E-state index contributed by atoms with van der Waals surface area (Å²) in [5, 5.41) is 11.7. The number of H-pyrrole nitrogens is 1. The van der Waals surface area contributed by atoms with E-state index in [-0.39, 0.29) is 17.9 Å². The van der Waals surface area contributed by atoms with Crippen LogP contribution in [0.1, 0.15) is 28.3 Å². The molecular weight excluding hydrogens is 332 g/mol. The minimum Gasteiger partial charge on any atom is -0.464 e. The maximum Gasteiger partial charge on any atom is 0.227 e. The Morgan fingerprint density at radius 1 is 1.35 bits per heavy atom. The molecule has 0 aliphatic carbocycles. The molecule has 2 atom stereocenters. The van der Waals surface area contributed by atoms with Crippen LogP contribution in [0.5, 0.6) is 0 Å². The van der Waals surface area contributed by atoms with Gasteiger partial charge in [-0.15, -0.1) is 0 Å². The molecule has 1 N–H and O–H groups in total. The number of carbonyl (C=O) groups excluding carboxylic acids is 1. The van der Waals surface area contributed by atoms with Crippen molar-refractivity contribution in [1.29, 1.82) is 0 Å². The van der Waals surface area contributed by atoms with Gasteiger partial charge in [-0.1, -0.05) is 0 Å². The second-order valence-electron chi connectivity index (χ2n) is 6.94. The molecule has 1 saturated heterocycles. The zero-order chi connectivity index (χ0) is 18.3. The molecule has 7 heteroatoms. The topological polar surface area (TPSA) is 84.2 Å². The van der Waals surface area contributed by atoms with E-state index in [1.807, 2.05) is 11.0 Å². The summed E-state index contributed by atoms with van der Waals surface area (Å²) >= 11 is 0. The second kappa shape index (κ2) is 6.57. The number of furan rings is 1. The van der Waals surface area contributed by atoms with Gasteiger partial charge in [0.2, 0.25) is 5.91 Å². The molecular formula is C19H22N4O3. The SMILES string of the molecule is CO[C@@H]1CN(C(=O)Cc2coc3cc(C)c(C)cc23)C[C@H]1c1cn[nH]n1. The molecule has 1 amide bonds. The molecule has 2 aromatic heterocycles. The van der Waals surface area contributed by atoms with Crippen LogP contribution in [0.3, 0.4) is 0 Å². The number of carbonyl (C=O) groups is 1. The Labute approximate surface area is 151 Å². The van der Waals surface area contributed by atoms with E-state index in [1.54, 1.807) is 19.6 Å². The van der Waals surface area contributed by atoms with Crippen molar-refractivity contribution < 1.29 is 13.9 Å². The summed E-state index contributed by atoms with van der Waals surface area (Å²) in [6, 6.07) is 4.12. The number of aromatic amines is 1. The van der Waals surface area contributed by atoms with Crippen molar-refractivity contribution in [3.8, 4) is 0 Å². The summed E-state index contributed by atoms with van der Waals surface area (Å²) in [4.78, 5) is 14.7. The van der Waals surface area contributed by atoms with Crippen LogP contribution in [0.2, 0.25) is 0 Å². The third kappa shape index (κ3) is 2.88. The molecule has 1 aromatic carbocycles. The first-order valence-corrected chi connectivity index (χ1v) is 8.70. The number of aryl methyl sites for hydroxylation is 2. The van der Waals surface area contributed by atoms with Gasteiger partial charge in [-0.05, 0) is 37.1 Å². The highest BCUT2D eigenvalue weighted by Crippen LogP contribution is 2.30. The number of nitrogens with zero attached hydrogens (tertiary/aromatic N) is 3. The van der Waals surface area contributed by atoms with Crippen molar-refractivity contribution in [2.75, 3.05) is 20.2 Å². The maximum absolute atomic E-state index is 12.9. The second-order valence-corrected chi connectivity index (χ2v) is 6.94. The van der Waals surface area contributed by atoms with Gasteiger partial charge in [-0.3, -0.25) is 4.79 Å². The average molecular weight is 354 g/mol. The number of fused-ring (bicyclic) bond motifs is 1. The molecule has 7 nitrogen and oxygen atoms in total. The quantitative estimate of drug-likeness (QED) is 0.777. The first-order chi connectivity index (χ1) is 12.6. The number of hydrogen-bond donors (Lipinski definition) is 1. The first-order valence-electron chi connectivity index (χ1n) is 8.70. The number of methoxy groups -OCH3 is 1. The molecule has 0 radical (unpaired) electrons. The van der Waals surface area contributed by atoms with Crippen molar-refractivity contribution in [2.45, 2.75) is 32.3 Å². The maximum atomic E-state index is 12.9. The van der Waals surface area contributed by atoms with Crippen LogP contribution in [0, 0.1) is 13.8 Å². The summed E-state index contributed by atoms with van der Waals surface area (Å²) in [6.07, 6.45) is 3.63. The molecule has 3 aromatic rings. The van der Waals surface area contributed by atoms with Gasteiger partial charge in [0.1, 0.15) is 5.58 Å². The Bertz CT molecular complexity index is 932. The number of aromatic nitrogens is 3. The Morgan fingerprint density at radius 2 is 2.15 bits per heavy atom. The highest BCUT2D eigenvalue weighted by atomic mass is 16.5. The minimum atomic E-state index is -0.0740. The lowest BCUT2D eigenvalue weighted by atomic mass is 10.0. The molecule has 0 spiro atoms. The van der Waals surface area contributed by atoms with Crippen LogP contribution in [-0.4, -0.2) is 52.5 Å². The molecule has 26 heavy (non-hydrogen) atoms. The van der Waals surface area contributed by atoms with Crippen LogP contribution < -0.4 is 0 Å². The molecule has 0 bridgehead atoms. The van der Waals surface area contributed by atoms with Crippen LogP contribution in [0.4, 0.5) is 0 Å². The Hall–Kier alpha value is -2.67. The van der Waals surface area contributed by atoms with E-state index < -0.39 is 0 Å². The summed E-state index contributed by atoms with van der Waals surface area (Å²) in [7, 11) is 1.67. The Kier molecular flexibility index (Phi) is 4.24. The van der Waals surface area contributed by atoms with Gasteiger partial charge < -0.3 is 14.1 Å². The van der Waals surface area contributed by atoms with Crippen LogP contribution in [-0.2, 0) is 16.0 Å². The number of benzene rings is 1. The van der Waals surface area contributed by atoms with Crippen molar-refractivity contribution >= 4 is 16.9 Å². The van der Waals surface area contributed by atoms with E-state index in [9.17, 15) is 4.79 Å². The van der Waals surface area contributed by atoms with Gasteiger partial charge in [0, 0.05) is 31.1 Å². The molecule has 136 valence electrons. The Morgan fingerprint density at radius 3 is 2.88 bits per heavy atom. The third-order valence-corrected chi connectivity index (χ3v) is 5.35. The zero-order valence-electron chi connectivity index (χ0n) is 15.2. The van der Waals surface area contributed by atoms with E-state index >= 15 is 0 Å². The molecule has 1 fully saturated rings. The average Bonchev–Trinajstić information content (AvgIpc) is 3.35. The predicted molar refractivity (Wildman–Crippen MR) is 95.9 cm³/mol. The molecule has 1 aliphatic rings. The fraction of sp³-hybridized carbons (Fsp3) is 0.421. The fourth-order valence-electron chi connectivity index (χ4n) is 3.64. The molecule has 4 rings (SSSR count). The van der Waals surface area contributed by atoms with Crippen LogP contribution in [0.25, 0.3) is 11.0 Å². The van der Waals surface area contributed by atoms with Crippen molar-refractivity contribution in [3.05, 3.63) is 47.0 Å². The lowest BCUT2D eigenvalue weighted by molar-refractivity contribution is -0.129. The van der Waals surface area contributed by atoms with Gasteiger partial charge in [0.15, 0.2) is 0 Å². The minimum absolute atomic E-state index is 0.0358. The summed E-state index contributed by atoms with van der Waals surface area (Å²) in [5.41, 5.74) is 4.95. The van der Waals surface area contributed by atoms with Crippen LogP contribution in [0.15, 0.2) is 29.0 Å². The third-order valence-electron chi connectivity index (χ3n) is 5.35. The number of ether oxygens (including phenoxy) is 1. The first kappa shape index (κ1) is 16.8. The lowest BCUT2D eigenvalue weighted by Gasteiger charge is -2.15. The van der Waals surface area contributed by atoms with E-state index in [0.29, 0.717) is 19.5 Å². The van der Waals surface area contributed by atoms with Crippen molar-refractivity contribution in [3.63, 3.8) is 0 Å². The van der Waals surface area contributed by atoms with E-state index in [4.69, 9.17) is 9.15 Å². The zero-order valence-corrected chi connectivity index (χ0v) is 15.2. The summed E-state index contributed by atoms with van der Waals surface area (Å²) in [5.74, 6) is 0.104. The largest absolute Gasteiger partial charge is 0.464 e. The number of nitrogens with one attached hydrogen (secondary N) is 1. The molecule has 3 heterocycles. The number of hydrogen-bond acceptors (Lipinski definition) is 5. The van der Waals surface area contributed by atoms with Crippen molar-refractivity contribution in [1.82, 2.24) is 20.3 Å². The van der Waals surface area contributed by atoms with E-state index in [2.05, 4.69) is 35.3 Å². The van der Waals surface area contributed by atoms with Gasteiger partial charge in [-0.25, -0.2) is 0 Å². The predicted octanol–water partition coefficient (Wildman–Crippen LogP) is 2.35. The number of rotatable bonds is 4. The smallest absolute Gasteiger partial charge is 0.227 e. The summed E-state index contributed by atoms with van der Waals surface area (Å²) < 4.78 is 11.2. The standard InChI is InChI=1S/C19H22N4O3/c1-11-4-14-13(10-26-17(14)5-12(11)2)6-19(24)23-8-15(18(9-23)25-3)16-7-20-22-21-16/h4-5,7,10,15,18H,6,8-9H2,1-3H3,(H,20,21,22)/t15-,18+/m0/s1. The van der Waals surface area contributed by atoms with Gasteiger partial charge in [0.05, 0.1) is 36.6 Å². The van der Waals surface area contributed by atoms with Gasteiger partial charge in [0.25, 0.3) is 0 Å². The van der Waals surface area contributed by atoms with E-state index in [0.717, 1.165) is 22.2 Å². The van der Waals surface area contributed by atoms with Crippen LogP contribution >= 0.6 is 0 Å². The lowest BCUT2D eigenvalue weighted by Crippen LogP contribution is -2.31. The molecule has 1 aliphatic heterocycles. The summed E-state index contributed by atoms with van der Waals surface area (Å²) in [6.45, 7) is 5.26.